The Labute approximate surface area is 223 Å². The fourth-order valence-corrected chi connectivity index (χ4v) is 4.89. The molecule has 7 nitrogen and oxygen atoms in total. The second-order valence-electron chi connectivity index (χ2n) is 9.68. The van der Waals surface area contributed by atoms with E-state index in [9.17, 15) is 14.7 Å². The van der Waals surface area contributed by atoms with E-state index in [4.69, 9.17) is 10.5 Å². The number of benzene rings is 3. The number of nitrogens with zero attached hydrogens (tertiary/aromatic N) is 1. The first-order valence-electron chi connectivity index (χ1n) is 12.8. The maximum absolute atomic E-state index is 13.0. The summed E-state index contributed by atoms with van der Waals surface area (Å²) in [6.07, 6.45) is 4.59. The largest absolute Gasteiger partial charge is 0.399 e. The SMILES string of the molecule is CO[C@H](c1ccc(NC(=O)c2ccc(N)cc2)cc1)[C@H](C)/C=C/CC(=O)N1Cc2ccccc2C[C@H]1CO. The summed E-state index contributed by atoms with van der Waals surface area (Å²) >= 11 is 0. The smallest absolute Gasteiger partial charge is 0.255 e. The normalized spacial score (nSPS) is 16.6. The van der Waals surface area contributed by atoms with E-state index in [0.717, 1.165) is 11.1 Å². The van der Waals surface area contributed by atoms with Crippen molar-refractivity contribution in [2.75, 3.05) is 24.8 Å². The molecule has 198 valence electrons. The Morgan fingerprint density at radius 2 is 1.76 bits per heavy atom. The minimum atomic E-state index is -0.213. The molecule has 0 aliphatic carbocycles. The van der Waals surface area contributed by atoms with Crippen molar-refractivity contribution >= 4 is 23.2 Å². The van der Waals surface area contributed by atoms with Gasteiger partial charge in [0.05, 0.1) is 18.8 Å². The molecule has 7 heteroatoms. The molecule has 0 spiro atoms. The molecule has 0 bridgehead atoms. The topological polar surface area (TPSA) is 105 Å². The lowest BCUT2D eigenvalue weighted by molar-refractivity contribution is -0.134. The average molecular weight is 514 g/mol. The predicted octanol–water partition coefficient (Wildman–Crippen LogP) is 4.74. The van der Waals surface area contributed by atoms with Gasteiger partial charge in [0.15, 0.2) is 0 Å². The molecule has 1 aliphatic heterocycles. The van der Waals surface area contributed by atoms with Gasteiger partial charge in [0.1, 0.15) is 0 Å². The van der Waals surface area contributed by atoms with Crippen LogP contribution >= 0.6 is 0 Å². The lowest BCUT2D eigenvalue weighted by atomic mass is 9.93. The first kappa shape index (κ1) is 27.1. The molecule has 1 aliphatic rings. The number of nitrogen functional groups attached to an aromatic ring is 1. The average Bonchev–Trinajstić information content (AvgIpc) is 2.93. The number of anilines is 2. The van der Waals surface area contributed by atoms with Crippen molar-refractivity contribution in [1.82, 2.24) is 4.90 Å². The third-order valence-electron chi connectivity index (χ3n) is 7.02. The minimum absolute atomic E-state index is 0.00262. The van der Waals surface area contributed by atoms with E-state index in [1.165, 1.54) is 5.56 Å². The van der Waals surface area contributed by atoms with Crippen LogP contribution in [0.1, 0.15) is 46.5 Å². The Bertz CT molecular complexity index is 1270. The number of aliphatic hydroxyl groups excluding tert-OH is 1. The Kier molecular flexibility index (Phi) is 8.94. The van der Waals surface area contributed by atoms with Crippen LogP contribution < -0.4 is 11.1 Å². The molecule has 0 unspecified atom stereocenters. The number of carbonyl (C=O) groups is 2. The summed E-state index contributed by atoms with van der Waals surface area (Å²) in [6.45, 7) is 2.51. The van der Waals surface area contributed by atoms with Gasteiger partial charge in [-0.2, -0.15) is 0 Å². The monoisotopic (exact) mass is 513 g/mol. The number of ether oxygens (including phenoxy) is 1. The van der Waals surface area contributed by atoms with Gasteiger partial charge in [-0.25, -0.2) is 0 Å². The van der Waals surface area contributed by atoms with Gasteiger partial charge >= 0.3 is 0 Å². The highest BCUT2D eigenvalue weighted by molar-refractivity contribution is 6.04. The van der Waals surface area contributed by atoms with Gasteiger partial charge in [0, 0.05) is 42.9 Å². The Morgan fingerprint density at radius 1 is 1.08 bits per heavy atom. The summed E-state index contributed by atoms with van der Waals surface area (Å²) < 4.78 is 5.77. The van der Waals surface area contributed by atoms with Crippen molar-refractivity contribution in [3.63, 3.8) is 0 Å². The summed E-state index contributed by atoms with van der Waals surface area (Å²) in [7, 11) is 1.66. The van der Waals surface area contributed by atoms with Gasteiger partial charge in [0.25, 0.3) is 5.91 Å². The van der Waals surface area contributed by atoms with Gasteiger partial charge in [-0.3, -0.25) is 9.59 Å². The molecule has 4 N–H and O–H groups in total. The van der Waals surface area contributed by atoms with Gasteiger partial charge < -0.3 is 25.8 Å². The number of rotatable bonds is 9. The third-order valence-corrected chi connectivity index (χ3v) is 7.02. The molecule has 1 heterocycles. The van der Waals surface area contributed by atoms with E-state index in [1.807, 2.05) is 61.5 Å². The Morgan fingerprint density at radius 3 is 2.42 bits per heavy atom. The standard InChI is InChI=1S/C31H35N3O4/c1-21(6-5-9-29(36)34-19-25-8-4-3-7-24(25)18-28(34)20-35)30(38-2)22-12-16-27(17-13-22)33-31(37)23-10-14-26(32)15-11-23/h3-8,10-17,21,28,30,35H,9,18-20,32H2,1-2H3,(H,33,37)/b6-5+/t21-,28+,30+/m1/s1. The van der Waals surface area contributed by atoms with Gasteiger partial charge in [-0.1, -0.05) is 55.5 Å². The predicted molar refractivity (Wildman–Crippen MR) is 149 cm³/mol. The van der Waals surface area contributed by atoms with E-state index in [2.05, 4.69) is 11.4 Å². The highest BCUT2D eigenvalue weighted by Gasteiger charge is 2.28. The molecule has 3 atom stereocenters. The van der Waals surface area contributed by atoms with Crippen LogP contribution in [0, 0.1) is 5.92 Å². The molecule has 38 heavy (non-hydrogen) atoms. The highest BCUT2D eigenvalue weighted by Crippen LogP contribution is 2.28. The summed E-state index contributed by atoms with van der Waals surface area (Å²) in [5.41, 5.74) is 10.8. The fraction of sp³-hybridized carbons (Fsp3) is 0.290. The van der Waals surface area contributed by atoms with E-state index >= 15 is 0 Å². The second kappa shape index (κ2) is 12.5. The highest BCUT2D eigenvalue weighted by atomic mass is 16.5. The lowest BCUT2D eigenvalue weighted by Crippen LogP contribution is -2.46. The zero-order chi connectivity index (χ0) is 27.1. The van der Waals surface area contributed by atoms with Crippen molar-refractivity contribution in [3.05, 3.63) is 107 Å². The molecule has 2 amide bonds. The maximum atomic E-state index is 13.0. The second-order valence-corrected chi connectivity index (χ2v) is 9.68. The lowest BCUT2D eigenvalue weighted by Gasteiger charge is -2.36. The Hall–Kier alpha value is -3.94. The number of nitrogens with one attached hydrogen (secondary N) is 1. The van der Waals surface area contributed by atoms with Crippen LogP contribution in [-0.4, -0.2) is 41.6 Å². The number of methoxy groups -OCH3 is 1. The number of amides is 2. The molecule has 0 saturated carbocycles. The summed E-state index contributed by atoms with van der Waals surface area (Å²) in [5, 5.41) is 12.7. The summed E-state index contributed by atoms with van der Waals surface area (Å²) in [6, 6.07) is 22.2. The van der Waals surface area contributed by atoms with Crippen molar-refractivity contribution in [2.45, 2.75) is 38.5 Å². The van der Waals surface area contributed by atoms with Gasteiger partial charge in [0.2, 0.25) is 5.91 Å². The summed E-state index contributed by atoms with van der Waals surface area (Å²) in [4.78, 5) is 27.3. The van der Waals surface area contributed by atoms with Crippen LogP contribution in [0.3, 0.4) is 0 Å². The number of hydrogen-bond donors (Lipinski definition) is 3. The maximum Gasteiger partial charge on any atom is 0.255 e. The van der Waals surface area contributed by atoms with Crippen molar-refractivity contribution in [2.24, 2.45) is 5.92 Å². The van der Waals surface area contributed by atoms with Crippen LogP contribution in [0.25, 0.3) is 0 Å². The first-order chi connectivity index (χ1) is 18.4. The molecule has 0 fully saturated rings. The van der Waals surface area contributed by atoms with Crippen LogP contribution in [0.15, 0.2) is 84.9 Å². The minimum Gasteiger partial charge on any atom is -0.399 e. The fourth-order valence-electron chi connectivity index (χ4n) is 4.89. The molecular formula is C31H35N3O4. The van der Waals surface area contributed by atoms with E-state index < -0.39 is 0 Å². The number of aliphatic hydroxyl groups is 1. The van der Waals surface area contributed by atoms with Crippen LogP contribution in [-0.2, 0) is 22.5 Å². The van der Waals surface area contributed by atoms with Crippen molar-refractivity contribution < 1.29 is 19.4 Å². The zero-order valence-electron chi connectivity index (χ0n) is 21.8. The molecule has 3 aromatic carbocycles. The number of nitrogens with two attached hydrogens (primary N) is 1. The van der Waals surface area contributed by atoms with E-state index in [-0.39, 0.29) is 42.9 Å². The molecule has 4 rings (SSSR count). The molecule has 0 radical (unpaired) electrons. The number of carbonyl (C=O) groups excluding carboxylic acids is 2. The van der Waals surface area contributed by atoms with Crippen molar-refractivity contribution in [1.29, 1.82) is 0 Å². The van der Waals surface area contributed by atoms with Crippen LogP contribution in [0.4, 0.5) is 11.4 Å². The Balaban J connectivity index is 1.34. The number of fused-ring (bicyclic) bond motifs is 1. The third kappa shape index (κ3) is 6.49. The van der Waals surface area contributed by atoms with Crippen molar-refractivity contribution in [3.8, 4) is 0 Å². The molecule has 3 aromatic rings. The zero-order valence-corrected chi connectivity index (χ0v) is 21.8. The van der Waals surface area contributed by atoms with Crippen LogP contribution in [0.5, 0.6) is 0 Å². The van der Waals surface area contributed by atoms with Gasteiger partial charge in [-0.05, 0) is 59.5 Å². The van der Waals surface area contributed by atoms with E-state index in [1.54, 1.807) is 36.3 Å². The molecule has 0 saturated heterocycles. The van der Waals surface area contributed by atoms with Gasteiger partial charge in [-0.15, -0.1) is 0 Å². The molecule has 0 aromatic heterocycles. The molecular weight excluding hydrogens is 478 g/mol. The van der Waals surface area contributed by atoms with Crippen LogP contribution in [0.2, 0.25) is 0 Å². The first-order valence-corrected chi connectivity index (χ1v) is 12.8. The number of hydrogen-bond acceptors (Lipinski definition) is 5. The quantitative estimate of drug-likeness (QED) is 0.283. The van der Waals surface area contributed by atoms with E-state index in [0.29, 0.717) is 29.9 Å². The summed E-state index contributed by atoms with van der Waals surface area (Å²) in [5.74, 6) is -0.196.